The van der Waals surface area contributed by atoms with Gasteiger partial charge in [-0.3, -0.25) is 9.59 Å². The van der Waals surface area contributed by atoms with Crippen LogP contribution in [-0.4, -0.2) is 43.2 Å². The van der Waals surface area contributed by atoms with Crippen LogP contribution in [0, 0.1) is 0 Å². The Morgan fingerprint density at radius 1 is 1.15 bits per heavy atom. The van der Waals surface area contributed by atoms with Gasteiger partial charge in [-0.15, -0.1) is 0 Å². The number of phenols is 2. The maximum Gasteiger partial charge on any atom is 0.169 e. The van der Waals surface area contributed by atoms with Crippen LogP contribution in [-0.2, 0) is 4.79 Å². The molecule has 2 aromatic carbocycles. The van der Waals surface area contributed by atoms with Crippen LogP contribution in [0.15, 0.2) is 24.3 Å². The second-order valence-electron chi connectivity index (χ2n) is 7.60. The average molecular weight is 356 g/mol. The summed E-state index contributed by atoms with van der Waals surface area (Å²) in [5.74, 6) is -2.37. The highest BCUT2D eigenvalue weighted by molar-refractivity contribution is 6.11. The monoisotopic (exact) mass is 356 g/mol. The summed E-state index contributed by atoms with van der Waals surface area (Å²) in [4.78, 5) is 25.6. The van der Waals surface area contributed by atoms with Gasteiger partial charge in [-0.1, -0.05) is 19.1 Å². The van der Waals surface area contributed by atoms with E-state index in [2.05, 4.69) is 0 Å². The van der Waals surface area contributed by atoms with Gasteiger partial charge in [0, 0.05) is 19.3 Å². The molecule has 1 fully saturated rings. The Hall–Kier alpha value is -2.44. The maximum absolute atomic E-state index is 12.8. The number of fused-ring (bicyclic) bond motifs is 4. The number of carbonyl (C=O) groups is 2. The number of carbonyl (C=O) groups excluding carboxylic acids is 2. The van der Waals surface area contributed by atoms with E-state index in [-0.39, 0.29) is 53.1 Å². The van der Waals surface area contributed by atoms with E-state index in [1.54, 1.807) is 25.1 Å². The lowest BCUT2D eigenvalue weighted by Crippen LogP contribution is -2.56. The average Bonchev–Trinajstić information content (AvgIpc) is 2.52. The maximum atomic E-state index is 12.8. The standard InChI is InChI=1S/C20H20O6/c1-2-19(25)7-14(23)17-11-6-10-4-3-5-12(21)15(10)18(24)16(11)13(22)8-20(17,26)9-19/h3-6,17,21,24-26H,2,7-9H2,1H3. The fraction of sp³-hybridized carbons (Fsp3) is 0.400. The fourth-order valence-corrected chi connectivity index (χ4v) is 4.66. The molecule has 3 unspecified atom stereocenters. The number of rotatable bonds is 1. The van der Waals surface area contributed by atoms with Crippen molar-refractivity contribution in [2.24, 2.45) is 0 Å². The molecule has 6 heteroatoms. The van der Waals surface area contributed by atoms with Gasteiger partial charge >= 0.3 is 0 Å². The summed E-state index contributed by atoms with van der Waals surface area (Å²) < 4.78 is 0. The Bertz CT molecular complexity index is 964. The number of aliphatic hydroxyl groups is 2. The molecule has 0 heterocycles. The highest BCUT2D eigenvalue weighted by atomic mass is 16.3. The highest BCUT2D eigenvalue weighted by Crippen LogP contribution is 2.53. The third-order valence-corrected chi connectivity index (χ3v) is 5.86. The highest BCUT2D eigenvalue weighted by Gasteiger charge is 2.57. The first-order chi connectivity index (χ1) is 12.2. The number of ketones is 2. The molecule has 0 aromatic heterocycles. The summed E-state index contributed by atoms with van der Waals surface area (Å²) in [5.41, 5.74) is -2.77. The molecule has 2 aliphatic carbocycles. The van der Waals surface area contributed by atoms with E-state index in [1.807, 2.05) is 0 Å². The van der Waals surface area contributed by atoms with E-state index in [9.17, 15) is 30.0 Å². The first-order valence-electron chi connectivity index (χ1n) is 8.67. The number of benzene rings is 2. The summed E-state index contributed by atoms with van der Waals surface area (Å²) in [7, 11) is 0. The summed E-state index contributed by atoms with van der Waals surface area (Å²) in [6, 6.07) is 6.23. The predicted octanol–water partition coefficient (Wildman–Crippen LogP) is 2.16. The van der Waals surface area contributed by atoms with Gasteiger partial charge < -0.3 is 20.4 Å². The van der Waals surface area contributed by atoms with Crippen LogP contribution in [0.1, 0.15) is 54.4 Å². The molecule has 0 spiro atoms. The van der Waals surface area contributed by atoms with Crippen LogP contribution in [0.5, 0.6) is 11.5 Å². The van der Waals surface area contributed by atoms with Crippen LogP contribution in [0.4, 0.5) is 0 Å². The van der Waals surface area contributed by atoms with Crippen molar-refractivity contribution in [3.8, 4) is 11.5 Å². The van der Waals surface area contributed by atoms with E-state index in [1.165, 1.54) is 6.07 Å². The summed E-state index contributed by atoms with van der Waals surface area (Å²) in [6.07, 6.45) is -0.239. The molecule has 2 aliphatic rings. The van der Waals surface area contributed by atoms with Gasteiger partial charge in [-0.05, 0) is 29.5 Å². The zero-order valence-electron chi connectivity index (χ0n) is 14.3. The molecule has 136 valence electrons. The molecule has 0 aliphatic heterocycles. The lowest BCUT2D eigenvalue weighted by Gasteiger charge is -2.48. The van der Waals surface area contributed by atoms with Crippen LogP contribution >= 0.6 is 0 Å². The van der Waals surface area contributed by atoms with Crippen molar-refractivity contribution in [1.82, 2.24) is 0 Å². The van der Waals surface area contributed by atoms with Crippen molar-refractivity contribution in [2.75, 3.05) is 0 Å². The number of hydrogen-bond acceptors (Lipinski definition) is 6. The van der Waals surface area contributed by atoms with Gasteiger partial charge in [0.2, 0.25) is 0 Å². The zero-order chi connectivity index (χ0) is 18.9. The van der Waals surface area contributed by atoms with Gasteiger partial charge in [0.05, 0.1) is 28.1 Å². The normalized spacial score (nSPS) is 31.0. The Balaban J connectivity index is 1.99. The second-order valence-corrected chi connectivity index (χ2v) is 7.60. The quantitative estimate of drug-likeness (QED) is 0.622. The zero-order valence-corrected chi connectivity index (χ0v) is 14.3. The molecule has 0 amide bonds. The minimum Gasteiger partial charge on any atom is -0.507 e. The number of Topliss-reactive ketones (excluding diaryl/α,β-unsaturated/α-hetero) is 2. The first kappa shape index (κ1) is 17.0. The van der Waals surface area contributed by atoms with Gasteiger partial charge in [-0.2, -0.15) is 0 Å². The lowest BCUT2D eigenvalue weighted by atomic mass is 9.59. The topological polar surface area (TPSA) is 115 Å². The van der Waals surface area contributed by atoms with Crippen LogP contribution in [0.3, 0.4) is 0 Å². The molecular weight excluding hydrogens is 336 g/mol. The molecule has 3 atom stereocenters. The molecule has 0 saturated heterocycles. The Morgan fingerprint density at radius 3 is 2.58 bits per heavy atom. The van der Waals surface area contributed by atoms with Gasteiger partial charge in [0.1, 0.15) is 17.3 Å². The van der Waals surface area contributed by atoms with Gasteiger partial charge in [0.25, 0.3) is 0 Å². The van der Waals surface area contributed by atoms with E-state index < -0.39 is 22.9 Å². The van der Waals surface area contributed by atoms with E-state index in [0.29, 0.717) is 11.8 Å². The molecular formula is C20H20O6. The van der Waals surface area contributed by atoms with Crippen molar-refractivity contribution >= 4 is 22.3 Å². The molecule has 4 N–H and O–H groups in total. The smallest absolute Gasteiger partial charge is 0.169 e. The summed E-state index contributed by atoms with van der Waals surface area (Å²) in [6.45, 7) is 1.73. The van der Waals surface area contributed by atoms with Crippen molar-refractivity contribution in [3.63, 3.8) is 0 Å². The SMILES string of the molecule is CCC1(O)CC(=O)C2c3cc4cccc(O)c4c(O)c3C(=O)CC2(O)C1. The van der Waals surface area contributed by atoms with Gasteiger partial charge in [-0.25, -0.2) is 0 Å². The van der Waals surface area contributed by atoms with Crippen molar-refractivity contribution in [3.05, 3.63) is 35.4 Å². The molecule has 6 nitrogen and oxygen atoms in total. The third kappa shape index (κ3) is 2.19. The van der Waals surface area contributed by atoms with Crippen molar-refractivity contribution in [1.29, 1.82) is 0 Å². The third-order valence-electron chi connectivity index (χ3n) is 5.86. The molecule has 26 heavy (non-hydrogen) atoms. The number of aromatic hydroxyl groups is 2. The minimum atomic E-state index is -1.68. The van der Waals surface area contributed by atoms with Crippen LogP contribution in [0.2, 0.25) is 0 Å². The van der Waals surface area contributed by atoms with E-state index in [4.69, 9.17) is 0 Å². The predicted molar refractivity (Wildman–Crippen MR) is 93.4 cm³/mol. The first-order valence-corrected chi connectivity index (χ1v) is 8.67. The fourth-order valence-electron chi connectivity index (χ4n) is 4.66. The van der Waals surface area contributed by atoms with Crippen LogP contribution in [0.25, 0.3) is 10.8 Å². The summed E-state index contributed by atoms with van der Waals surface area (Å²) in [5, 5.41) is 43.0. The van der Waals surface area contributed by atoms with Gasteiger partial charge in [0.15, 0.2) is 5.78 Å². The largest absolute Gasteiger partial charge is 0.507 e. The minimum absolute atomic E-state index is 0.0241. The molecule has 0 radical (unpaired) electrons. The lowest BCUT2D eigenvalue weighted by molar-refractivity contribution is -0.152. The summed E-state index contributed by atoms with van der Waals surface area (Å²) >= 11 is 0. The molecule has 4 rings (SSSR count). The van der Waals surface area contributed by atoms with Crippen molar-refractivity contribution < 1.29 is 30.0 Å². The Morgan fingerprint density at radius 2 is 1.88 bits per heavy atom. The van der Waals surface area contributed by atoms with E-state index in [0.717, 1.165) is 0 Å². The van der Waals surface area contributed by atoms with Crippen LogP contribution < -0.4 is 0 Å². The second kappa shape index (κ2) is 5.28. The Labute approximate surface area is 149 Å². The molecule has 2 aromatic rings. The number of phenolic OH excluding ortho intramolecular Hbond substituents is 2. The van der Waals surface area contributed by atoms with E-state index >= 15 is 0 Å². The number of hydrogen-bond donors (Lipinski definition) is 4. The Kier molecular flexibility index (Phi) is 3.45. The molecule has 1 saturated carbocycles. The molecule has 0 bridgehead atoms. The van der Waals surface area contributed by atoms with Crippen molar-refractivity contribution in [2.45, 2.75) is 49.7 Å².